The first-order valence-electron chi connectivity index (χ1n) is 6.45. The number of halogens is 1. The van der Waals surface area contributed by atoms with E-state index in [9.17, 15) is 9.50 Å². The summed E-state index contributed by atoms with van der Waals surface area (Å²) < 4.78 is 13.7. The van der Waals surface area contributed by atoms with Crippen LogP contribution in [0.1, 0.15) is 38.4 Å². The van der Waals surface area contributed by atoms with Crippen LogP contribution in [-0.4, -0.2) is 5.11 Å². The predicted octanol–water partition coefficient (Wildman–Crippen LogP) is 4.45. The molecule has 96 valence electrons. The lowest BCUT2D eigenvalue weighted by Crippen LogP contribution is -2.01. The van der Waals surface area contributed by atoms with Crippen molar-refractivity contribution in [1.29, 1.82) is 0 Å². The number of hydrogen-bond donors (Lipinski definition) is 1. The fourth-order valence-corrected chi connectivity index (χ4v) is 2.22. The third-order valence-electron chi connectivity index (χ3n) is 3.28. The highest BCUT2D eigenvalue weighted by atomic mass is 19.1. The van der Waals surface area contributed by atoms with E-state index in [1.54, 1.807) is 12.1 Å². The Morgan fingerprint density at radius 2 is 1.67 bits per heavy atom. The minimum Gasteiger partial charge on any atom is -0.388 e. The quantitative estimate of drug-likeness (QED) is 0.845. The SMILES string of the molecule is CC(C)CCC(O)c1ccc(F)c2ccccc12. The number of aliphatic hydroxyl groups is 1. The van der Waals surface area contributed by atoms with Crippen molar-refractivity contribution < 1.29 is 9.50 Å². The molecule has 0 aliphatic heterocycles. The molecule has 0 aliphatic carbocycles. The number of fused-ring (bicyclic) bond motifs is 1. The molecule has 18 heavy (non-hydrogen) atoms. The van der Waals surface area contributed by atoms with Crippen LogP contribution in [0.15, 0.2) is 36.4 Å². The summed E-state index contributed by atoms with van der Waals surface area (Å²) in [4.78, 5) is 0. The molecule has 0 amide bonds. The Morgan fingerprint density at radius 1 is 1.00 bits per heavy atom. The summed E-state index contributed by atoms with van der Waals surface area (Å²) >= 11 is 0. The van der Waals surface area contributed by atoms with Gasteiger partial charge in [0.1, 0.15) is 5.82 Å². The number of rotatable bonds is 4. The first-order chi connectivity index (χ1) is 8.59. The van der Waals surface area contributed by atoms with E-state index in [-0.39, 0.29) is 5.82 Å². The standard InChI is InChI=1S/C16H19FO/c1-11(2)7-10-16(18)14-8-9-15(17)13-6-4-3-5-12(13)14/h3-6,8-9,11,16,18H,7,10H2,1-2H3. The topological polar surface area (TPSA) is 20.2 Å². The Kier molecular flexibility index (Phi) is 3.97. The molecule has 0 saturated heterocycles. The third-order valence-corrected chi connectivity index (χ3v) is 3.28. The van der Waals surface area contributed by atoms with Gasteiger partial charge >= 0.3 is 0 Å². The van der Waals surface area contributed by atoms with E-state index in [0.717, 1.165) is 17.4 Å². The molecule has 0 heterocycles. The number of hydrogen-bond acceptors (Lipinski definition) is 1. The Bertz CT molecular complexity index is 534. The maximum Gasteiger partial charge on any atom is 0.131 e. The Morgan fingerprint density at radius 3 is 2.33 bits per heavy atom. The van der Waals surface area contributed by atoms with Crippen molar-refractivity contribution in [3.63, 3.8) is 0 Å². The van der Waals surface area contributed by atoms with Crippen molar-refractivity contribution >= 4 is 10.8 Å². The Balaban J connectivity index is 2.36. The van der Waals surface area contributed by atoms with E-state index >= 15 is 0 Å². The van der Waals surface area contributed by atoms with Crippen LogP contribution in [0, 0.1) is 11.7 Å². The maximum absolute atomic E-state index is 13.7. The highest BCUT2D eigenvalue weighted by molar-refractivity contribution is 5.86. The average molecular weight is 246 g/mol. The molecule has 0 saturated carbocycles. The second-order valence-electron chi connectivity index (χ2n) is 5.17. The largest absolute Gasteiger partial charge is 0.388 e. The molecule has 0 bridgehead atoms. The van der Waals surface area contributed by atoms with Gasteiger partial charge < -0.3 is 5.11 Å². The summed E-state index contributed by atoms with van der Waals surface area (Å²) in [5, 5.41) is 11.6. The zero-order valence-electron chi connectivity index (χ0n) is 10.9. The smallest absolute Gasteiger partial charge is 0.131 e. The second-order valence-corrected chi connectivity index (χ2v) is 5.17. The maximum atomic E-state index is 13.7. The van der Waals surface area contributed by atoms with E-state index < -0.39 is 6.10 Å². The number of aliphatic hydroxyl groups excluding tert-OH is 1. The van der Waals surface area contributed by atoms with E-state index in [1.807, 2.05) is 18.2 Å². The lowest BCUT2D eigenvalue weighted by molar-refractivity contribution is 0.160. The molecule has 0 aromatic heterocycles. The minimum atomic E-state index is -0.516. The van der Waals surface area contributed by atoms with Crippen LogP contribution < -0.4 is 0 Å². The average Bonchev–Trinajstić information content (AvgIpc) is 2.37. The fourth-order valence-electron chi connectivity index (χ4n) is 2.22. The molecule has 0 fully saturated rings. The van der Waals surface area contributed by atoms with Crippen molar-refractivity contribution in [3.05, 3.63) is 47.8 Å². The summed E-state index contributed by atoms with van der Waals surface area (Å²) in [7, 11) is 0. The van der Waals surface area contributed by atoms with Gasteiger partial charge in [0.05, 0.1) is 6.10 Å². The summed E-state index contributed by atoms with van der Waals surface area (Å²) in [6.07, 6.45) is 1.16. The first kappa shape index (κ1) is 13.0. The molecule has 2 heteroatoms. The van der Waals surface area contributed by atoms with Gasteiger partial charge in [0.2, 0.25) is 0 Å². The first-order valence-corrected chi connectivity index (χ1v) is 6.45. The monoisotopic (exact) mass is 246 g/mol. The van der Waals surface area contributed by atoms with Gasteiger partial charge in [-0.05, 0) is 35.8 Å². The molecule has 2 rings (SSSR count). The van der Waals surface area contributed by atoms with Crippen LogP contribution in [-0.2, 0) is 0 Å². The molecule has 0 aliphatic rings. The third kappa shape index (κ3) is 2.70. The van der Waals surface area contributed by atoms with Crippen LogP contribution in [0.25, 0.3) is 10.8 Å². The normalized spacial score (nSPS) is 13.2. The van der Waals surface area contributed by atoms with Crippen LogP contribution in [0.5, 0.6) is 0 Å². The molecular formula is C16H19FO. The molecular weight excluding hydrogens is 227 g/mol. The lowest BCUT2D eigenvalue weighted by atomic mass is 9.95. The van der Waals surface area contributed by atoms with Crippen LogP contribution in [0.2, 0.25) is 0 Å². The van der Waals surface area contributed by atoms with Crippen LogP contribution in [0.3, 0.4) is 0 Å². The molecule has 2 aromatic carbocycles. The molecule has 1 nitrogen and oxygen atoms in total. The van der Waals surface area contributed by atoms with Gasteiger partial charge in [0, 0.05) is 5.39 Å². The van der Waals surface area contributed by atoms with Gasteiger partial charge in [-0.15, -0.1) is 0 Å². The molecule has 0 spiro atoms. The van der Waals surface area contributed by atoms with Gasteiger partial charge in [-0.1, -0.05) is 44.2 Å². The zero-order chi connectivity index (χ0) is 13.1. The minimum absolute atomic E-state index is 0.231. The van der Waals surface area contributed by atoms with Gasteiger partial charge in [-0.25, -0.2) is 4.39 Å². The summed E-state index contributed by atoms with van der Waals surface area (Å²) in [5.74, 6) is 0.330. The Hall–Kier alpha value is -1.41. The van der Waals surface area contributed by atoms with Gasteiger partial charge in [0.15, 0.2) is 0 Å². The number of benzene rings is 2. The van der Waals surface area contributed by atoms with Crippen molar-refractivity contribution in [3.8, 4) is 0 Å². The lowest BCUT2D eigenvalue weighted by Gasteiger charge is -2.15. The zero-order valence-corrected chi connectivity index (χ0v) is 10.9. The molecule has 1 N–H and O–H groups in total. The Labute approximate surface area is 107 Å². The van der Waals surface area contributed by atoms with Gasteiger partial charge in [-0.2, -0.15) is 0 Å². The highest BCUT2D eigenvalue weighted by Gasteiger charge is 2.13. The van der Waals surface area contributed by atoms with Crippen molar-refractivity contribution in [1.82, 2.24) is 0 Å². The second kappa shape index (κ2) is 5.49. The van der Waals surface area contributed by atoms with Crippen molar-refractivity contribution in [2.75, 3.05) is 0 Å². The predicted molar refractivity (Wildman–Crippen MR) is 72.9 cm³/mol. The van der Waals surface area contributed by atoms with Gasteiger partial charge in [0.25, 0.3) is 0 Å². The van der Waals surface area contributed by atoms with Crippen molar-refractivity contribution in [2.24, 2.45) is 5.92 Å². The van der Waals surface area contributed by atoms with Crippen molar-refractivity contribution in [2.45, 2.75) is 32.8 Å². The van der Waals surface area contributed by atoms with Crippen LogP contribution in [0.4, 0.5) is 4.39 Å². The van der Waals surface area contributed by atoms with E-state index in [2.05, 4.69) is 13.8 Å². The fraction of sp³-hybridized carbons (Fsp3) is 0.375. The van der Waals surface area contributed by atoms with Gasteiger partial charge in [-0.3, -0.25) is 0 Å². The molecule has 0 radical (unpaired) electrons. The van der Waals surface area contributed by atoms with E-state index in [1.165, 1.54) is 6.07 Å². The summed E-state index contributed by atoms with van der Waals surface area (Å²) in [6.45, 7) is 4.27. The molecule has 1 atom stereocenters. The highest BCUT2D eigenvalue weighted by Crippen LogP contribution is 2.29. The summed E-state index contributed by atoms with van der Waals surface area (Å²) in [6, 6.07) is 10.4. The summed E-state index contributed by atoms with van der Waals surface area (Å²) in [5.41, 5.74) is 0.827. The molecule has 1 unspecified atom stereocenters. The molecule has 2 aromatic rings. The van der Waals surface area contributed by atoms with E-state index in [4.69, 9.17) is 0 Å². The van der Waals surface area contributed by atoms with Crippen LogP contribution >= 0.6 is 0 Å². The van der Waals surface area contributed by atoms with E-state index in [0.29, 0.717) is 17.7 Å².